The third kappa shape index (κ3) is 5.10. The van der Waals surface area contributed by atoms with Crippen LogP contribution in [0.2, 0.25) is 0 Å². The molecule has 5 heteroatoms. The van der Waals surface area contributed by atoms with Gasteiger partial charge in [-0.05, 0) is 30.2 Å². The van der Waals surface area contributed by atoms with Crippen molar-refractivity contribution in [2.45, 2.75) is 20.0 Å². The Morgan fingerprint density at radius 2 is 2.14 bits per heavy atom. The van der Waals surface area contributed by atoms with E-state index in [1.54, 1.807) is 0 Å². The minimum Gasteiger partial charge on any atom is -0.459 e. The number of morpholine rings is 1. The zero-order valence-electron chi connectivity index (χ0n) is 12.5. The average molecular weight is 295 g/mol. The Morgan fingerprint density at radius 1 is 1.43 bits per heavy atom. The normalized spacial score (nSPS) is 19.7. The molecule has 4 nitrogen and oxygen atoms in total. The molecule has 1 saturated heterocycles. The van der Waals surface area contributed by atoms with Crippen molar-refractivity contribution in [3.63, 3.8) is 0 Å². The number of carbonyl (C=O) groups excluding carboxylic acids is 1. The highest BCUT2D eigenvalue weighted by atomic mass is 19.1. The molecule has 1 atom stereocenters. The summed E-state index contributed by atoms with van der Waals surface area (Å²) in [6.07, 6.45) is -0.0955. The molecular formula is C16H22FNO3. The molecule has 1 aromatic rings. The van der Waals surface area contributed by atoms with Gasteiger partial charge in [0.05, 0.1) is 12.2 Å². The van der Waals surface area contributed by atoms with Crippen molar-refractivity contribution >= 4 is 5.97 Å². The molecule has 0 amide bonds. The maximum atomic E-state index is 12.8. The van der Waals surface area contributed by atoms with Gasteiger partial charge in [0, 0.05) is 19.6 Å². The van der Waals surface area contributed by atoms with Gasteiger partial charge in [-0.3, -0.25) is 4.90 Å². The third-order valence-electron chi connectivity index (χ3n) is 3.33. The van der Waals surface area contributed by atoms with E-state index in [4.69, 9.17) is 9.47 Å². The lowest BCUT2D eigenvalue weighted by atomic mass is 10.2. The highest BCUT2D eigenvalue weighted by molar-refractivity contribution is 5.89. The number of halogens is 1. The summed E-state index contributed by atoms with van der Waals surface area (Å²) < 4.78 is 23.7. The van der Waals surface area contributed by atoms with Crippen LogP contribution in [-0.2, 0) is 9.47 Å². The van der Waals surface area contributed by atoms with E-state index in [2.05, 4.69) is 18.7 Å². The van der Waals surface area contributed by atoms with Crippen LogP contribution in [0.15, 0.2) is 24.3 Å². The van der Waals surface area contributed by atoms with E-state index in [1.165, 1.54) is 24.3 Å². The van der Waals surface area contributed by atoms with Crippen molar-refractivity contribution in [2.75, 3.05) is 32.8 Å². The SMILES string of the molecule is CC(C)CN1CCOC(COC(=O)c2ccc(F)cc2)C1. The van der Waals surface area contributed by atoms with Gasteiger partial charge in [-0.25, -0.2) is 9.18 Å². The standard InChI is InChI=1S/C16H22FNO3/c1-12(2)9-18-7-8-20-15(10-18)11-21-16(19)13-3-5-14(17)6-4-13/h3-6,12,15H,7-11H2,1-2H3. The smallest absolute Gasteiger partial charge is 0.338 e. The lowest BCUT2D eigenvalue weighted by Crippen LogP contribution is -2.45. The minimum atomic E-state index is -0.445. The predicted molar refractivity (Wildman–Crippen MR) is 77.7 cm³/mol. The van der Waals surface area contributed by atoms with Crippen LogP contribution in [0.5, 0.6) is 0 Å². The first-order valence-corrected chi connectivity index (χ1v) is 7.31. The van der Waals surface area contributed by atoms with E-state index in [0.29, 0.717) is 18.1 Å². The van der Waals surface area contributed by atoms with Crippen molar-refractivity contribution in [1.29, 1.82) is 0 Å². The molecule has 0 spiro atoms. The number of hydrogen-bond acceptors (Lipinski definition) is 4. The maximum absolute atomic E-state index is 12.8. The first-order chi connectivity index (χ1) is 10.0. The molecule has 1 unspecified atom stereocenters. The van der Waals surface area contributed by atoms with E-state index in [1.807, 2.05) is 0 Å². The monoisotopic (exact) mass is 295 g/mol. The molecule has 0 aliphatic carbocycles. The van der Waals surface area contributed by atoms with Gasteiger partial charge in [-0.15, -0.1) is 0 Å². The Balaban J connectivity index is 1.79. The first-order valence-electron chi connectivity index (χ1n) is 7.31. The van der Waals surface area contributed by atoms with Gasteiger partial charge < -0.3 is 9.47 Å². The van der Waals surface area contributed by atoms with Crippen LogP contribution in [0.25, 0.3) is 0 Å². The Morgan fingerprint density at radius 3 is 2.81 bits per heavy atom. The van der Waals surface area contributed by atoms with Crippen LogP contribution in [0.4, 0.5) is 4.39 Å². The van der Waals surface area contributed by atoms with Gasteiger partial charge in [0.15, 0.2) is 0 Å². The van der Waals surface area contributed by atoms with E-state index in [9.17, 15) is 9.18 Å². The van der Waals surface area contributed by atoms with Crippen molar-refractivity contribution in [1.82, 2.24) is 4.90 Å². The largest absolute Gasteiger partial charge is 0.459 e. The zero-order valence-corrected chi connectivity index (χ0v) is 12.5. The molecule has 0 N–H and O–H groups in total. The molecule has 0 radical (unpaired) electrons. The summed E-state index contributed by atoms with van der Waals surface area (Å²) in [6.45, 7) is 7.95. The van der Waals surface area contributed by atoms with Crippen molar-refractivity contribution < 1.29 is 18.7 Å². The van der Waals surface area contributed by atoms with Gasteiger partial charge in [0.25, 0.3) is 0 Å². The number of esters is 1. The molecule has 0 saturated carbocycles. The van der Waals surface area contributed by atoms with E-state index >= 15 is 0 Å². The molecule has 1 fully saturated rings. The fourth-order valence-electron chi connectivity index (χ4n) is 2.40. The Kier molecular flexibility index (Phi) is 5.70. The lowest BCUT2D eigenvalue weighted by molar-refractivity contribution is -0.0612. The number of carbonyl (C=O) groups is 1. The second kappa shape index (κ2) is 7.52. The second-order valence-corrected chi connectivity index (χ2v) is 5.75. The fourth-order valence-corrected chi connectivity index (χ4v) is 2.40. The van der Waals surface area contributed by atoms with Crippen LogP contribution < -0.4 is 0 Å². The van der Waals surface area contributed by atoms with Gasteiger partial charge in [0.2, 0.25) is 0 Å². The quantitative estimate of drug-likeness (QED) is 0.782. The van der Waals surface area contributed by atoms with Crippen LogP contribution >= 0.6 is 0 Å². The van der Waals surface area contributed by atoms with E-state index < -0.39 is 5.97 Å². The molecular weight excluding hydrogens is 273 g/mol. The number of nitrogens with zero attached hydrogens (tertiary/aromatic N) is 1. The molecule has 0 aromatic heterocycles. The highest BCUT2D eigenvalue weighted by Crippen LogP contribution is 2.10. The number of benzene rings is 1. The molecule has 1 aliphatic rings. The predicted octanol–water partition coefficient (Wildman–Crippen LogP) is 2.34. The van der Waals surface area contributed by atoms with Gasteiger partial charge in [-0.2, -0.15) is 0 Å². The summed E-state index contributed by atoms with van der Waals surface area (Å²) >= 11 is 0. The van der Waals surface area contributed by atoms with Gasteiger partial charge >= 0.3 is 5.97 Å². The summed E-state index contributed by atoms with van der Waals surface area (Å²) in [5, 5.41) is 0. The summed E-state index contributed by atoms with van der Waals surface area (Å²) in [7, 11) is 0. The first kappa shape index (κ1) is 15.9. The number of hydrogen-bond donors (Lipinski definition) is 0. The molecule has 116 valence electrons. The van der Waals surface area contributed by atoms with Gasteiger partial charge in [0.1, 0.15) is 18.5 Å². The van der Waals surface area contributed by atoms with Crippen LogP contribution in [-0.4, -0.2) is 49.8 Å². The number of rotatable bonds is 5. The van der Waals surface area contributed by atoms with Gasteiger partial charge in [-0.1, -0.05) is 13.8 Å². The molecule has 1 heterocycles. The molecule has 21 heavy (non-hydrogen) atoms. The highest BCUT2D eigenvalue weighted by Gasteiger charge is 2.22. The minimum absolute atomic E-state index is 0.0955. The maximum Gasteiger partial charge on any atom is 0.338 e. The van der Waals surface area contributed by atoms with Crippen molar-refractivity contribution in [3.05, 3.63) is 35.6 Å². The Labute approximate surface area is 124 Å². The fraction of sp³-hybridized carbons (Fsp3) is 0.562. The average Bonchev–Trinajstić information content (AvgIpc) is 2.45. The lowest BCUT2D eigenvalue weighted by Gasteiger charge is -2.33. The summed E-state index contributed by atoms with van der Waals surface area (Å²) in [6, 6.07) is 5.34. The van der Waals surface area contributed by atoms with Crippen LogP contribution in [0.3, 0.4) is 0 Å². The van der Waals surface area contributed by atoms with Crippen molar-refractivity contribution in [2.24, 2.45) is 5.92 Å². The molecule has 2 rings (SSSR count). The Hall–Kier alpha value is -1.46. The van der Waals surface area contributed by atoms with Crippen molar-refractivity contribution in [3.8, 4) is 0 Å². The van der Waals surface area contributed by atoms with E-state index in [0.717, 1.165) is 19.6 Å². The van der Waals surface area contributed by atoms with Crippen LogP contribution in [0.1, 0.15) is 24.2 Å². The summed E-state index contributed by atoms with van der Waals surface area (Å²) in [5.41, 5.74) is 0.353. The zero-order chi connectivity index (χ0) is 15.2. The molecule has 0 bridgehead atoms. The molecule has 1 aromatic carbocycles. The third-order valence-corrected chi connectivity index (χ3v) is 3.33. The second-order valence-electron chi connectivity index (χ2n) is 5.75. The summed E-state index contributed by atoms with van der Waals surface area (Å²) in [4.78, 5) is 14.2. The number of ether oxygens (including phenoxy) is 2. The Bertz CT molecular complexity index is 461. The van der Waals surface area contributed by atoms with E-state index in [-0.39, 0.29) is 18.5 Å². The summed E-state index contributed by atoms with van der Waals surface area (Å²) in [5.74, 6) is -0.211. The van der Waals surface area contributed by atoms with Crippen LogP contribution in [0, 0.1) is 11.7 Å². The topological polar surface area (TPSA) is 38.8 Å². The molecule has 1 aliphatic heterocycles.